The summed E-state index contributed by atoms with van der Waals surface area (Å²) >= 11 is 0. The number of benzene rings is 1. The third kappa shape index (κ3) is 2.86. The Hall–Kier alpha value is -1.23. The molecule has 0 bridgehead atoms. The van der Waals surface area contributed by atoms with Crippen LogP contribution >= 0.6 is 0 Å². The highest BCUT2D eigenvalue weighted by molar-refractivity contribution is 7.85. The fourth-order valence-corrected chi connectivity index (χ4v) is 2.68. The molecule has 0 saturated carbocycles. The summed E-state index contributed by atoms with van der Waals surface area (Å²) in [6, 6.07) is 2.83. The minimum Gasteiger partial charge on any atom is -0.496 e. The van der Waals surface area contributed by atoms with Gasteiger partial charge in [-0.2, -0.15) is 4.40 Å². The van der Waals surface area contributed by atoms with E-state index < -0.39 is 15.7 Å². The highest BCUT2D eigenvalue weighted by atomic mass is 32.2. The van der Waals surface area contributed by atoms with Crippen LogP contribution in [0.3, 0.4) is 0 Å². The maximum Gasteiger partial charge on any atom is 0.145 e. The van der Waals surface area contributed by atoms with E-state index >= 15 is 0 Å². The summed E-state index contributed by atoms with van der Waals surface area (Å²) in [7, 11) is 0.200. The molecule has 0 saturated heterocycles. The lowest BCUT2D eigenvalue weighted by Gasteiger charge is -2.14. The zero-order valence-electron chi connectivity index (χ0n) is 11.6. The smallest absolute Gasteiger partial charge is 0.145 e. The molecule has 1 aliphatic carbocycles. The molecule has 0 N–H and O–H groups in total. The summed E-state index contributed by atoms with van der Waals surface area (Å²) in [5, 5.41) is 0. The summed E-state index contributed by atoms with van der Waals surface area (Å²) in [6.45, 7) is 5.61. The van der Waals surface area contributed by atoms with E-state index in [0.29, 0.717) is 17.9 Å². The summed E-state index contributed by atoms with van der Waals surface area (Å²) in [6.07, 6.45) is 1.43. The summed E-state index contributed by atoms with van der Waals surface area (Å²) in [4.78, 5) is 0. The number of hydrogen-bond donors (Lipinski definition) is 0. The Kier molecular flexibility index (Phi) is 3.76. The van der Waals surface area contributed by atoms with Gasteiger partial charge in [-0.25, -0.2) is 8.60 Å². The maximum atomic E-state index is 13.5. The molecule has 0 aliphatic heterocycles. The first kappa shape index (κ1) is 14.2. The van der Waals surface area contributed by atoms with E-state index in [0.717, 1.165) is 17.5 Å². The molecule has 3 nitrogen and oxygen atoms in total. The van der Waals surface area contributed by atoms with Crippen LogP contribution in [0.5, 0.6) is 5.75 Å². The highest BCUT2D eigenvalue weighted by Crippen LogP contribution is 2.32. The van der Waals surface area contributed by atoms with Gasteiger partial charge in [0.25, 0.3) is 0 Å². The van der Waals surface area contributed by atoms with E-state index in [2.05, 4.69) is 4.40 Å². The molecule has 5 heteroatoms. The van der Waals surface area contributed by atoms with Crippen LogP contribution in [0.1, 0.15) is 38.3 Å². The lowest BCUT2D eigenvalue weighted by molar-refractivity contribution is 0.407. The van der Waals surface area contributed by atoms with Gasteiger partial charge < -0.3 is 4.74 Å². The first-order valence-electron chi connectivity index (χ1n) is 6.19. The number of hydrogen-bond acceptors (Lipinski definition) is 2. The summed E-state index contributed by atoms with van der Waals surface area (Å²) in [5.41, 5.74) is 2.39. The molecule has 0 unspecified atom stereocenters. The quantitative estimate of drug-likeness (QED) is 0.837. The molecule has 1 atom stereocenters. The van der Waals surface area contributed by atoms with Gasteiger partial charge in [-0.05, 0) is 39.7 Å². The van der Waals surface area contributed by atoms with Crippen LogP contribution in [-0.2, 0) is 17.4 Å². The predicted molar refractivity (Wildman–Crippen MR) is 75.7 cm³/mol. The fourth-order valence-electron chi connectivity index (χ4n) is 2.02. The van der Waals surface area contributed by atoms with Gasteiger partial charge in [-0.3, -0.25) is 0 Å². The Balaban J connectivity index is 2.45. The van der Waals surface area contributed by atoms with Crippen molar-refractivity contribution < 1.29 is 13.3 Å². The molecule has 1 aromatic carbocycles. The second-order valence-corrected chi connectivity index (χ2v) is 7.44. The first-order chi connectivity index (χ1) is 8.82. The zero-order valence-corrected chi connectivity index (χ0v) is 12.4. The van der Waals surface area contributed by atoms with Crippen molar-refractivity contribution >= 4 is 16.7 Å². The van der Waals surface area contributed by atoms with Crippen LogP contribution in [-0.4, -0.2) is 21.8 Å². The molecule has 0 radical (unpaired) electrons. The SMILES string of the molecule is COc1cc(F)cc2c1CC/C2=N/[S@](=O)C(C)(C)C. The predicted octanol–water partition coefficient (Wildman–Crippen LogP) is 3.03. The van der Waals surface area contributed by atoms with Crippen molar-refractivity contribution in [3.8, 4) is 5.75 Å². The fraction of sp³-hybridized carbons (Fsp3) is 0.500. The average molecular weight is 283 g/mol. The number of methoxy groups -OCH3 is 1. The molecular weight excluding hydrogens is 265 g/mol. The monoisotopic (exact) mass is 283 g/mol. The third-order valence-electron chi connectivity index (χ3n) is 3.03. The van der Waals surface area contributed by atoms with E-state index in [9.17, 15) is 8.60 Å². The largest absolute Gasteiger partial charge is 0.496 e. The van der Waals surface area contributed by atoms with Crippen LogP contribution in [0.15, 0.2) is 16.5 Å². The Bertz CT molecular complexity index is 561. The van der Waals surface area contributed by atoms with Crippen LogP contribution in [0.25, 0.3) is 0 Å². The Morgan fingerprint density at radius 3 is 2.58 bits per heavy atom. The molecule has 0 spiro atoms. The molecule has 2 rings (SSSR count). The van der Waals surface area contributed by atoms with E-state index in [1.165, 1.54) is 19.2 Å². The Labute approximate surface area is 115 Å². The van der Waals surface area contributed by atoms with Gasteiger partial charge in [0.2, 0.25) is 0 Å². The summed E-state index contributed by atoms with van der Waals surface area (Å²) < 4.78 is 34.7. The van der Waals surface area contributed by atoms with E-state index in [1.54, 1.807) is 0 Å². The van der Waals surface area contributed by atoms with Gasteiger partial charge in [0, 0.05) is 17.2 Å². The van der Waals surface area contributed by atoms with Gasteiger partial charge in [0.15, 0.2) is 0 Å². The Morgan fingerprint density at radius 2 is 2.00 bits per heavy atom. The number of nitrogens with zero attached hydrogens (tertiary/aromatic N) is 1. The van der Waals surface area contributed by atoms with Crippen molar-refractivity contribution in [3.05, 3.63) is 29.1 Å². The van der Waals surface area contributed by atoms with Crippen LogP contribution in [0, 0.1) is 5.82 Å². The number of ether oxygens (including phenoxy) is 1. The molecule has 1 aliphatic rings. The molecule has 0 fully saturated rings. The molecule has 1 aromatic rings. The Morgan fingerprint density at radius 1 is 1.32 bits per heavy atom. The average Bonchev–Trinajstić information content (AvgIpc) is 2.70. The first-order valence-corrected chi connectivity index (χ1v) is 7.30. The van der Waals surface area contributed by atoms with Gasteiger partial charge in [0.1, 0.15) is 22.6 Å². The van der Waals surface area contributed by atoms with Gasteiger partial charge in [0.05, 0.1) is 17.6 Å². The van der Waals surface area contributed by atoms with Crippen LogP contribution in [0.2, 0.25) is 0 Å². The van der Waals surface area contributed by atoms with E-state index in [4.69, 9.17) is 4.74 Å². The number of rotatable bonds is 2. The molecule has 0 aromatic heterocycles. The zero-order chi connectivity index (χ0) is 14.2. The van der Waals surface area contributed by atoms with Gasteiger partial charge in [-0.1, -0.05) is 0 Å². The lowest BCUT2D eigenvalue weighted by Crippen LogP contribution is -2.20. The summed E-state index contributed by atoms with van der Waals surface area (Å²) in [5.74, 6) is 0.188. The van der Waals surface area contributed by atoms with E-state index in [-0.39, 0.29) is 5.82 Å². The second kappa shape index (κ2) is 5.04. The molecule has 0 amide bonds. The lowest BCUT2D eigenvalue weighted by atomic mass is 10.1. The number of halogens is 1. The molecule has 19 heavy (non-hydrogen) atoms. The standard InChI is InChI=1S/C14H18FNO2S/c1-14(2,3)19(17)16-12-6-5-10-11(12)7-9(15)8-13(10)18-4/h7-8H,5-6H2,1-4H3/b16-12-/t19-/m1/s1. The van der Waals surface area contributed by atoms with Crippen LogP contribution < -0.4 is 4.74 Å². The van der Waals surface area contributed by atoms with Crippen molar-refractivity contribution in [3.63, 3.8) is 0 Å². The third-order valence-corrected chi connectivity index (χ3v) is 4.47. The van der Waals surface area contributed by atoms with Crippen molar-refractivity contribution in [2.75, 3.05) is 7.11 Å². The van der Waals surface area contributed by atoms with E-state index in [1.807, 2.05) is 20.8 Å². The van der Waals surface area contributed by atoms with Crippen LogP contribution in [0.4, 0.5) is 4.39 Å². The normalized spacial score (nSPS) is 18.5. The van der Waals surface area contributed by atoms with Gasteiger partial charge in [-0.15, -0.1) is 0 Å². The second-order valence-electron chi connectivity index (χ2n) is 5.53. The molecular formula is C14H18FNO2S. The van der Waals surface area contributed by atoms with Crippen molar-refractivity contribution in [1.29, 1.82) is 0 Å². The maximum absolute atomic E-state index is 13.5. The molecule has 104 valence electrons. The topological polar surface area (TPSA) is 38.7 Å². The van der Waals surface area contributed by atoms with Gasteiger partial charge >= 0.3 is 0 Å². The minimum absolute atomic E-state index is 0.355. The minimum atomic E-state index is -1.32. The number of fused-ring (bicyclic) bond motifs is 1. The molecule has 0 heterocycles. The van der Waals surface area contributed by atoms with Crippen molar-refractivity contribution in [2.24, 2.45) is 4.40 Å². The highest BCUT2D eigenvalue weighted by Gasteiger charge is 2.26. The van der Waals surface area contributed by atoms with Crippen molar-refractivity contribution in [1.82, 2.24) is 0 Å². The van der Waals surface area contributed by atoms with Crippen molar-refractivity contribution in [2.45, 2.75) is 38.4 Å².